The minimum absolute atomic E-state index is 0.168. The van der Waals surface area contributed by atoms with E-state index < -0.39 is 0 Å². The number of nitrogens with zero attached hydrogens (tertiary/aromatic N) is 1. The first-order valence-electron chi connectivity index (χ1n) is 6.48. The van der Waals surface area contributed by atoms with Gasteiger partial charge < -0.3 is 14.8 Å². The number of methoxy groups -OCH3 is 1. The Kier molecular flexibility index (Phi) is 7.43. The monoisotopic (exact) mass is 286 g/mol. The number of hydrogen-bond acceptors (Lipinski definition) is 6. The van der Waals surface area contributed by atoms with Gasteiger partial charge in [0.25, 0.3) is 0 Å². The second-order valence-electron chi connectivity index (χ2n) is 4.39. The summed E-state index contributed by atoms with van der Waals surface area (Å²) in [4.78, 5) is 15.7. The van der Waals surface area contributed by atoms with Crippen LogP contribution in [0.5, 0.6) is 0 Å². The molecule has 0 aliphatic heterocycles. The average Bonchev–Trinajstić information content (AvgIpc) is 2.83. The molecule has 0 aliphatic rings. The van der Waals surface area contributed by atoms with Crippen molar-refractivity contribution in [2.24, 2.45) is 5.92 Å². The maximum Gasteiger partial charge on any atom is 0.306 e. The van der Waals surface area contributed by atoms with E-state index in [1.807, 2.05) is 12.3 Å². The molecule has 0 amide bonds. The summed E-state index contributed by atoms with van der Waals surface area (Å²) < 4.78 is 9.96. The van der Waals surface area contributed by atoms with Crippen LogP contribution in [0.1, 0.15) is 26.0 Å². The van der Waals surface area contributed by atoms with Gasteiger partial charge in [-0.1, -0.05) is 6.92 Å². The smallest absolute Gasteiger partial charge is 0.306 e. The van der Waals surface area contributed by atoms with E-state index in [4.69, 9.17) is 9.47 Å². The number of ether oxygens (including phenoxy) is 2. The van der Waals surface area contributed by atoms with E-state index in [2.05, 4.69) is 17.2 Å². The van der Waals surface area contributed by atoms with Crippen LogP contribution in [0.2, 0.25) is 0 Å². The van der Waals surface area contributed by atoms with Gasteiger partial charge in [-0.05, 0) is 12.8 Å². The number of nitrogens with one attached hydrogen (secondary N) is 1. The number of anilines is 1. The normalized spacial score (nSPS) is 12.2. The summed E-state index contributed by atoms with van der Waals surface area (Å²) >= 11 is 1.56. The third-order valence-electron chi connectivity index (χ3n) is 2.50. The van der Waals surface area contributed by atoms with Crippen LogP contribution in [0.15, 0.2) is 5.38 Å². The van der Waals surface area contributed by atoms with Crippen LogP contribution in [0.4, 0.5) is 5.13 Å². The molecule has 0 aromatic carbocycles. The molecule has 0 saturated heterocycles. The number of esters is 1. The first kappa shape index (κ1) is 15.9. The molecule has 1 rings (SSSR count). The Morgan fingerprint density at radius 3 is 3.05 bits per heavy atom. The fourth-order valence-corrected chi connectivity index (χ4v) is 2.33. The predicted molar refractivity (Wildman–Crippen MR) is 76.6 cm³/mol. The average molecular weight is 286 g/mol. The molecule has 1 unspecified atom stereocenters. The summed E-state index contributed by atoms with van der Waals surface area (Å²) in [6, 6.07) is 0. The second-order valence-corrected chi connectivity index (χ2v) is 5.25. The van der Waals surface area contributed by atoms with Gasteiger partial charge in [0.05, 0.1) is 25.3 Å². The van der Waals surface area contributed by atoms with Gasteiger partial charge in [-0.3, -0.25) is 4.79 Å². The Bertz CT molecular complexity index is 382. The van der Waals surface area contributed by atoms with E-state index in [-0.39, 0.29) is 5.97 Å². The molecule has 6 heteroatoms. The van der Waals surface area contributed by atoms with Gasteiger partial charge in [-0.25, -0.2) is 4.98 Å². The number of aryl methyl sites for hydroxylation is 1. The maximum atomic E-state index is 11.2. The summed E-state index contributed by atoms with van der Waals surface area (Å²) in [5.41, 5.74) is 0.931. The van der Waals surface area contributed by atoms with E-state index >= 15 is 0 Å². The van der Waals surface area contributed by atoms with E-state index in [9.17, 15) is 4.79 Å². The van der Waals surface area contributed by atoms with Crippen molar-refractivity contribution in [3.05, 3.63) is 11.1 Å². The minimum Gasteiger partial charge on any atom is -0.466 e. The van der Waals surface area contributed by atoms with Crippen LogP contribution >= 0.6 is 11.3 Å². The van der Waals surface area contributed by atoms with Crippen molar-refractivity contribution in [3.63, 3.8) is 0 Å². The molecule has 1 N–H and O–H groups in total. The number of carbonyl (C=O) groups is 1. The van der Waals surface area contributed by atoms with Gasteiger partial charge in [0.1, 0.15) is 0 Å². The van der Waals surface area contributed by atoms with Crippen molar-refractivity contribution in [1.29, 1.82) is 0 Å². The molecular weight excluding hydrogens is 264 g/mol. The van der Waals surface area contributed by atoms with Crippen molar-refractivity contribution < 1.29 is 14.3 Å². The molecule has 1 aromatic heterocycles. The lowest BCUT2D eigenvalue weighted by molar-refractivity contribution is -0.143. The van der Waals surface area contributed by atoms with Crippen LogP contribution in [0.3, 0.4) is 0 Å². The summed E-state index contributed by atoms with van der Waals surface area (Å²) in [7, 11) is 1.70. The molecule has 0 aliphatic carbocycles. The second kappa shape index (κ2) is 8.87. The molecule has 0 radical (unpaired) electrons. The number of aromatic nitrogens is 1. The van der Waals surface area contributed by atoms with Gasteiger partial charge in [0.2, 0.25) is 0 Å². The molecule has 0 bridgehead atoms. The largest absolute Gasteiger partial charge is 0.466 e. The fraction of sp³-hybridized carbons (Fsp3) is 0.692. The zero-order chi connectivity index (χ0) is 14.1. The van der Waals surface area contributed by atoms with E-state index in [1.54, 1.807) is 18.4 Å². The summed E-state index contributed by atoms with van der Waals surface area (Å²) in [5, 5.41) is 6.14. The molecule has 1 atom stereocenters. The summed E-state index contributed by atoms with van der Waals surface area (Å²) in [5.74, 6) is 0.274. The summed E-state index contributed by atoms with van der Waals surface area (Å²) in [6.45, 7) is 5.92. The number of carbonyl (C=O) groups excluding carboxylic acids is 1. The highest BCUT2D eigenvalue weighted by Crippen LogP contribution is 2.17. The Morgan fingerprint density at radius 2 is 2.37 bits per heavy atom. The van der Waals surface area contributed by atoms with Crippen molar-refractivity contribution in [2.45, 2.75) is 26.7 Å². The molecule has 1 aromatic rings. The van der Waals surface area contributed by atoms with Crippen molar-refractivity contribution in [3.8, 4) is 0 Å². The highest BCUT2D eigenvalue weighted by molar-refractivity contribution is 7.13. The molecular formula is C13H22N2O3S. The van der Waals surface area contributed by atoms with Crippen LogP contribution in [-0.2, 0) is 20.7 Å². The topological polar surface area (TPSA) is 60.5 Å². The zero-order valence-corrected chi connectivity index (χ0v) is 12.6. The first-order chi connectivity index (χ1) is 9.15. The lowest BCUT2D eigenvalue weighted by atomic mass is 10.2. The molecule has 0 fully saturated rings. The SMILES string of the molecule is CCOC(=O)CCc1csc(NCC(C)COC)n1. The van der Waals surface area contributed by atoms with E-state index in [0.717, 1.165) is 24.0 Å². The molecule has 0 saturated carbocycles. The number of rotatable bonds is 9. The highest BCUT2D eigenvalue weighted by Gasteiger charge is 2.07. The third-order valence-corrected chi connectivity index (χ3v) is 3.34. The number of thiazole rings is 1. The quantitative estimate of drug-likeness (QED) is 0.706. The summed E-state index contributed by atoms with van der Waals surface area (Å²) in [6.07, 6.45) is 1.02. The zero-order valence-electron chi connectivity index (χ0n) is 11.8. The molecule has 5 nitrogen and oxygen atoms in total. The van der Waals surface area contributed by atoms with Gasteiger partial charge in [-0.15, -0.1) is 11.3 Å². The minimum atomic E-state index is -0.168. The first-order valence-corrected chi connectivity index (χ1v) is 7.36. The molecule has 19 heavy (non-hydrogen) atoms. The van der Waals surface area contributed by atoms with E-state index in [0.29, 0.717) is 25.4 Å². The Labute approximate surface area is 118 Å². The standard InChI is InChI=1S/C13H22N2O3S/c1-4-18-12(16)6-5-11-9-19-13(15-11)14-7-10(2)8-17-3/h9-10H,4-8H2,1-3H3,(H,14,15). The third kappa shape index (κ3) is 6.54. The Balaban J connectivity index is 2.30. The lowest BCUT2D eigenvalue weighted by Crippen LogP contribution is -2.15. The van der Waals surface area contributed by atoms with Gasteiger partial charge in [0.15, 0.2) is 5.13 Å². The lowest BCUT2D eigenvalue weighted by Gasteiger charge is -2.10. The highest BCUT2D eigenvalue weighted by atomic mass is 32.1. The molecule has 108 valence electrons. The van der Waals surface area contributed by atoms with E-state index in [1.165, 1.54) is 0 Å². The van der Waals surface area contributed by atoms with Crippen LogP contribution in [-0.4, -0.2) is 37.8 Å². The van der Waals surface area contributed by atoms with Gasteiger partial charge in [0, 0.05) is 25.5 Å². The van der Waals surface area contributed by atoms with Crippen molar-refractivity contribution >= 4 is 22.4 Å². The van der Waals surface area contributed by atoms with Crippen molar-refractivity contribution in [1.82, 2.24) is 4.98 Å². The predicted octanol–water partition coefficient (Wildman–Crippen LogP) is 2.33. The van der Waals surface area contributed by atoms with Crippen LogP contribution in [0, 0.1) is 5.92 Å². The van der Waals surface area contributed by atoms with Gasteiger partial charge >= 0.3 is 5.97 Å². The van der Waals surface area contributed by atoms with Crippen LogP contribution < -0.4 is 5.32 Å². The van der Waals surface area contributed by atoms with Crippen LogP contribution in [0.25, 0.3) is 0 Å². The molecule has 0 spiro atoms. The Hall–Kier alpha value is -1.14. The number of hydrogen-bond donors (Lipinski definition) is 1. The fourth-order valence-electron chi connectivity index (χ4n) is 1.57. The molecule has 1 heterocycles. The Morgan fingerprint density at radius 1 is 1.58 bits per heavy atom. The van der Waals surface area contributed by atoms with Gasteiger partial charge in [-0.2, -0.15) is 0 Å². The maximum absolute atomic E-state index is 11.2. The van der Waals surface area contributed by atoms with Crippen molar-refractivity contribution in [2.75, 3.05) is 32.2 Å².